The second-order valence-electron chi connectivity index (χ2n) is 11.4. The van der Waals surface area contributed by atoms with Crippen LogP contribution in [0.3, 0.4) is 0 Å². The number of carbonyl (C=O) groups excluding carboxylic acids is 4. The number of hydrogen-bond donors (Lipinski definition) is 3. The molecule has 0 unspecified atom stereocenters. The van der Waals surface area contributed by atoms with Gasteiger partial charge in [-0.15, -0.1) is 0 Å². The molecule has 2 saturated carbocycles. The lowest BCUT2D eigenvalue weighted by Crippen LogP contribution is -2.60. The number of methoxy groups -OCH3 is 1. The molecule has 0 aromatic heterocycles. The predicted molar refractivity (Wildman–Crippen MR) is 121 cm³/mol. The van der Waals surface area contributed by atoms with Gasteiger partial charge in [0.1, 0.15) is 18.1 Å². The molecular weight excluding hydrogens is 495 g/mol. The maximum atomic E-state index is 13.4. The molecule has 7 atom stereocenters. The van der Waals surface area contributed by atoms with Gasteiger partial charge in [-0.1, -0.05) is 13.8 Å². The summed E-state index contributed by atoms with van der Waals surface area (Å²) in [5.74, 6) is -4.66. The molecule has 4 fully saturated rings. The van der Waals surface area contributed by atoms with E-state index < -0.39 is 54.0 Å². The number of halogens is 3. The van der Waals surface area contributed by atoms with E-state index in [0.29, 0.717) is 6.42 Å². The fourth-order valence-electron chi connectivity index (χ4n) is 6.07. The van der Waals surface area contributed by atoms with E-state index in [9.17, 15) is 37.6 Å². The highest BCUT2D eigenvalue weighted by molar-refractivity contribution is 5.95. The fraction of sp³-hybridized carbons (Fsp3) is 0.792. The van der Waals surface area contributed by atoms with Gasteiger partial charge in [-0.05, 0) is 49.9 Å². The van der Waals surface area contributed by atoms with Crippen LogP contribution in [0.5, 0.6) is 0 Å². The Morgan fingerprint density at radius 1 is 1.27 bits per heavy atom. The summed E-state index contributed by atoms with van der Waals surface area (Å²) in [4.78, 5) is 52.0. The summed E-state index contributed by atoms with van der Waals surface area (Å²) in [5.41, 5.74) is -0.470. The van der Waals surface area contributed by atoms with Gasteiger partial charge in [-0.2, -0.15) is 18.4 Å². The van der Waals surface area contributed by atoms with Crippen molar-refractivity contribution < 1.29 is 37.1 Å². The van der Waals surface area contributed by atoms with Crippen molar-refractivity contribution in [2.24, 2.45) is 23.2 Å². The van der Waals surface area contributed by atoms with E-state index >= 15 is 0 Å². The van der Waals surface area contributed by atoms with Crippen LogP contribution in [0.25, 0.3) is 0 Å². The van der Waals surface area contributed by atoms with E-state index in [2.05, 4.69) is 10.6 Å². The van der Waals surface area contributed by atoms with E-state index in [-0.39, 0.29) is 41.7 Å². The molecule has 1 spiro atoms. The van der Waals surface area contributed by atoms with E-state index in [1.54, 1.807) is 5.32 Å². The Morgan fingerprint density at radius 2 is 1.92 bits per heavy atom. The average molecular weight is 528 g/mol. The summed E-state index contributed by atoms with van der Waals surface area (Å²) in [7, 11) is 1.20. The number of rotatable bonds is 8. The summed E-state index contributed by atoms with van der Waals surface area (Å²) in [6.45, 7) is 5.34. The quantitative estimate of drug-likeness (QED) is 0.423. The van der Waals surface area contributed by atoms with Crippen molar-refractivity contribution in [3.05, 3.63) is 0 Å². The van der Waals surface area contributed by atoms with Crippen molar-refractivity contribution in [3.8, 4) is 6.07 Å². The second-order valence-corrected chi connectivity index (χ2v) is 11.4. The molecule has 0 aromatic rings. The Bertz CT molecular complexity index is 1040. The van der Waals surface area contributed by atoms with Crippen molar-refractivity contribution in [2.75, 3.05) is 13.7 Å². The van der Waals surface area contributed by atoms with Gasteiger partial charge < -0.3 is 25.6 Å². The molecule has 2 heterocycles. The molecular formula is C24H32F3N5O5. The number of hydrogen-bond acceptors (Lipinski definition) is 6. The second kappa shape index (κ2) is 9.15. The molecule has 2 aliphatic carbocycles. The van der Waals surface area contributed by atoms with Crippen molar-refractivity contribution in [2.45, 2.75) is 82.4 Å². The lowest BCUT2D eigenvalue weighted by Gasteiger charge is -2.35. The van der Waals surface area contributed by atoms with Crippen molar-refractivity contribution in [3.63, 3.8) is 0 Å². The van der Waals surface area contributed by atoms with Crippen LogP contribution in [0, 0.1) is 34.5 Å². The van der Waals surface area contributed by atoms with E-state index in [0.717, 1.165) is 12.8 Å². The number of amides is 4. The number of fused-ring (bicyclic) bond motifs is 1. The number of nitrogens with one attached hydrogen (secondary N) is 3. The SMILES string of the molecule is CO[C@H](C)[C@H](NC(=O)C(F)(F)F)C(=O)N1C[C@H]2[C@@H]([C@H]1C(=O)N[C@H](C#N)C[C@@H]1CC3(CC3)NC1=O)C2(C)C. The predicted octanol–water partition coefficient (Wildman–Crippen LogP) is 0.619. The molecule has 4 amide bonds. The molecule has 2 aliphatic heterocycles. The Kier molecular flexibility index (Phi) is 6.72. The van der Waals surface area contributed by atoms with Crippen molar-refractivity contribution >= 4 is 23.6 Å². The van der Waals surface area contributed by atoms with E-state index in [4.69, 9.17) is 4.74 Å². The van der Waals surface area contributed by atoms with Crippen LogP contribution in [0.1, 0.15) is 46.5 Å². The van der Waals surface area contributed by atoms with Gasteiger partial charge in [0.05, 0.1) is 12.2 Å². The van der Waals surface area contributed by atoms with Crippen molar-refractivity contribution in [1.29, 1.82) is 5.26 Å². The average Bonchev–Trinajstić information content (AvgIpc) is 3.54. The number of likely N-dealkylation sites (tertiary alicyclic amines) is 1. The van der Waals surface area contributed by atoms with Crippen LogP contribution in [0.4, 0.5) is 13.2 Å². The first-order valence-corrected chi connectivity index (χ1v) is 12.4. The molecule has 2 saturated heterocycles. The number of alkyl halides is 3. The molecule has 0 radical (unpaired) electrons. The van der Waals surface area contributed by atoms with E-state index in [1.807, 2.05) is 19.9 Å². The zero-order valence-electron chi connectivity index (χ0n) is 21.1. The van der Waals surface area contributed by atoms with Gasteiger partial charge in [-0.25, -0.2) is 0 Å². The normalized spacial score (nSPS) is 31.0. The Balaban J connectivity index is 1.49. The number of carbonyl (C=O) groups is 4. The van der Waals surface area contributed by atoms with E-state index in [1.165, 1.54) is 18.9 Å². The molecule has 10 nitrogen and oxygen atoms in total. The van der Waals surface area contributed by atoms with Crippen LogP contribution in [0.15, 0.2) is 0 Å². The van der Waals surface area contributed by atoms with Crippen LogP contribution in [-0.2, 0) is 23.9 Å². The Morgan fingerprint density at radius 3 is 2.43 bits per heavy atom. The van der Waals surface area contributed by atoms with Crippen LogP contribution >= 0.6 is 0 Å². The zero-order chi connectivity index (χ0) is 27.5. The van der Waals surface area contributed by atoms with Crippen LogP contribution < -0.4 is 16.0 Å². The third kappa shape index (κ3) is 5.00. The van der Waals surface area contributed by atoms with Gasteiger partial charge in [0.2, 0.25) is 17.7 Å². The standard InChI is InChI=1S/C24H32F3N5O5/c1-11(37-4)16(30-21(36)24(25,26)27)20(35)32-10-14-15(22(14,2)3)17(32)19(34)29-13(9-28)7-12-8-23(5-6-23)31-18(12)33/h11-17H,5-8,10H2,1-4H3,(H,29,34)(H,30,36)(H,31,33)/t11-,12-,13+,14+,15+,16+,17+/m1/s1. The summed E-state index contributed by atoms with van der Waals surface area (Å²) in [5, 5.41) is 17.0. The molecule has 4 aliphatic rings. The van der Waals surface area contributed by atoms with Gasteiger partial charge >= 0.3 is 12.1 Å². The molecule has 0 bridgehead atoms. The lowest BCUT2D eigenvalue weighted by molar-refractivity contribution is -0.176. The smallest absolute Gasteiger partial charge is 0.379 e. The first kappa shape index (κ1) is 27.2. The monoisotopic (exact) mass is 527 g/mol. The number of ether oxygens (including phenoxy) is 1. The van der Waals surface area contributed by atoms with Crippen LogP contribution in [-0.4, -0.2) is 78.1 Å². The Hall–Kier alpha value is -2.88. The van der Waals surface area contributed by atoms with Gasteiger partial charge in [-0.3, -0.25) is 19.2 Å². The third-order valence-electron chi connectivity index (χ3n) is 8.65. The minimum absolute atomic E-state index is 0.0695. The highest BCUT2D eigenvalue weighted by Gasteiger charge is 2.70. The minimum atomic E-state index is -5.20. The molecule has 204 valence electrons. The lowest BCUT2D eigenvalue weighted by atomic mass is 9.95. The fourth-order valence-corrected chi connectivity index (χ4v) is 6.07. The number of nitriles is 1. The molecule has 4 rings (SSSR count). The highest BCUT2D eigenvalue weighted by Crippen LogP contribution is 2.65. The third-order valence-corrected chi connectivity index (χ3v) is 8.65. The number of piperidine rings is 1. The largest absolute Gasteiger partial charge is 0.471 e. The first-order chi connectivity index (χ1) is 17.1. The van der Waals surface area contributed by atoms with Crippen LogP contribution in [0.2, 0.25) is 0 Å². The topological polar surface area (TPSA) is 141 Å². The number of nitrogens with zero attached hydrogens (tertiary/aromatic N) is 2. The first-order valence-electron chi connectivity index (χ1n) is 12.4. The zero-order valence-corrected chi connectivity index (χ0v) is 21.1. The summed E-state index contributed by atoms with van der Waals surface area (Å²) in [6.07, 6.45) is -3.80. The molecule has 0 aromatic carbocycles. The molecule has 13 heteroatoms. The maximum Gasteiger partial charge on any atom is 0.471 e. The van der Waals surface area contributed by atoms with Gasteiger partial charge in [0.25, 0.3) is 0 Å². The van der Waals surface area contributed by atoms with Gasteiger partial charge in [0, 0.05) is 25.1 Å². The maximum absolute atomic E-state index is 13.4. The Labute approximate surface area is 212 Å². The van der Waals surface area contributed by atoms with Gasteiger partial charge in [0.15, 0.2) is 0 Å². The molecule has 3 N–H and O–H groups in total. The summed E-state index contributed by atoms with van der Waals surface area (Å²) >= 11 is 0. The van der Waals surface area contributed by atoms with Crippen molar-refractivity contribution in [1.82, 2.24) is 20.9 Å². The molecule has 37 heavy (non-hydrogen) atoms. The summed E-state index contributed by atoms with van der Waals surface area (Å²) in [6, 6.07) is -1.66. The highest BCUT2D eigenvalue weighted by atomic mass is 19.4. The summed E-state index contributed by atoms with van der Waals surface area (Å²) < 4.78 is 43.8. The minimum Gasteiger partial charge on any atom is -0.379 e.